The molecule has 1 aliphatic rings. The fourth-order valence-corrected chi connectivity index (χ4v) is 3.82. The molecule has 1 aliphatic heterocycles. The third kappa shape index (κ3) is 6.81. The average Bonchev–Trinajstić information content (AvgIpc) is 2.79. The number of carbonyl (C=O) groups is 3. The summed E-state index contributed by atoms with van der Waals surface area (Å²) in [5, 5.41) is 3.01. The first-order valence-electron chi connectivity index (χ1n) is 11.4. The van der Waals surface area contributed by atoms with E-state index in [0.29, 0.717) is 48.9 Å². The summed E-state index contributed by atoms with van der Waals surface area (Å²) >= 11 is 0. The lowest BCUT2D eigenvalue weighted by Gasteiger charge is -2.33. The van der Waals surface area contributed by atoms with E-state index in [1.807, 2.05) is 24.3 Å². The van der Waals surface area contributed by atoms with Crippen LogP contribution in [0.1, 0.15) is 62.4 Å². The molecule has 0 radical (unpaired) electrons. The Hall–Kier alpha value is -3.35. The van der Waals surface area contributed by atoms with Crippen molar-refractivity contribution in [1.82, 2.24) is 10.2 Å². The van der Waals surface area contributed by atoms with Crippen LogP contribution >= 0.6 is 0 Å². The van der Waals surface area contributed by atoms with Gasteiger partial charge in [-0.15, -0.1) is 0 Å². The number of esters is 1. The monoisotopic (exact) mass is 452 g/mol. The Labute approximate surface area is 195 Å². The molecule has 1 unspecified atom stereocenters. The van der Waals surface area contributed by atoms with E-state index in [-0.39, 0.29) is 17.9 Å². The molecule has 2 amide bonds. The summed E-state index contributed by atoms with van der Waals surface area (Å²) in [6, 6.07) is 14.3. The van der Waals surface area contributed by atoms with E-state index in [1.54, 1.807) is 36.1 Å². The quantitative estimate of drug-likeness (QED) is 0.508. The van der Waals surface area contributed by atoms with Gasteiger partial charge in [0, 0.05) is 31.6 Å². The maximum Gasteiger partial charge on any atom is 0.308 e. The highest BCUT2D eigenvalue weighted by atomic mass is 16.5. The van der Waals surface area contributed by atoms with E-state index in [2.05, 4.69) is 19.2 Å². The predicted molar refractivity (Wildman–Crippen MR) is 125 cm³/mol. The minimum atomic E-state index is -0.579. The Bertz CT molecular complexity index is 978. The Balaban J connectivity index is 1.48. The lowest BCUT2D eigenvalue weighted by Crippen LogP contribution is -2.49. The highest BCUT2D eigenvalue weighted by Gasteiger charge is 2.28. The Morgan fingerprint density at radius 3 is 2.24 bits per heavy atom. The SMILES string of the molecule is CC(=O)Oc1cccc(C(=O)NC2CCN(C(=O)C(C)Oc3ccc(C(C)C)cc3)CC2)c1. The second-order valence-electron chi connectivity index (χ2n) is 8.68. The standard InChI is InChI=1S/C26H32N2O5/c1-17(2)20-8-10-23(11-9-20)32-18(3)26(31)28-14-12-22(13-15-28)27-25(30)21-6-5-7-24(16-21)33-19(4)29/h5-11,16-18,22H,12-15H2,1-4H3,(H,27,30). The summed E-state index contributed by atoms with van der Waals surface area (Å²) in [6.07, 6.45) is 0.749. The van der Waals surface area contributed by atoms with Gasteiger partial charge < -0.3 is 19.7 Å². The van der Waals surface area contributed by atoms with Crippen molar-refractivity contribution in [1.29, 1.82) is 0 Å². The average molecular weight is 453 g/mol. The van der Waals surface area contributed by atoms with Crippen LogP contribution in [0.3, 0.4) is 0 Å². The van der Waals surface area contributed by atoms with Crippen molar-refractivity contribution >= 4 is 17.8 Å². The molecule has 2 aromatic carbocycles. The van der Waals surface area contributed by atoms with Crippen molar-refractivity contribution in [3.05, 3.63) is 59.7 Å². The molecule has 33 heavy (non-hydrogen) atoms. The van der Waals surface area contributed by atoms with E-state index in [9.17, 15) is 14.4 Å². The summed E-state index contributed by atoms with van der Waals surface area (Å²) in [7, 11) is 0. The number of nitrogens with zero attached hydrogens (tertiary/aromatic N) is 1. The molecule has 0 saturated carbocycles. The van der Waals surface area contributed by atoms with Crippen LogP contribution in [-0.2, 0) is 9.59 Å². The first-order valence-corrected chi connectivity index (χ1v) is 11.4. The lowest BCUT2D eigenvalue weighted by atomic mass is 10.0. The number of benzene rings is 2. The predicted octanol–water partition coefficient (Wildman–Crippen LogP) is 3.92. The van der Waals surface area contributed by atoms with Crippen LogP contribution in [0, 0.1) is 0 Å². The molecule has 1 saturated heterocycles. The maximum atomic E-state index is 12.8. The first kappa shape index (κ1) is 24.3. The molecule has 0 spiro atoms. The zero-order valence-corrected chi connectivity index (χ0v) is 19.7. The third-order valence-electron chi connectivity index (χ3n) is 5.71. The Morgan fingerprint density at radius 1 is 0.970 bits per heavy atom. The van der Waals surface area contributed by atoms with Crippen LogP contribution in [0.2, 0.25) is 0 Å². The molecule has 1 fully saturated rings. The highest BCUT2D eigenvalue weighted by Crippen LogP contribution is 2.21. The van der Waals surface area contributed by atoms with Crippen molar-refractivity contribution < 1.29 is 23.9 Å². The Morgan fingerprint density at radius 2 is 1.64 bits per heavy atom. The number of carbonyl (C=O) groups excluding carboxylic acids is 3. The van der Waals surface area contributed by atoms with E-state index in [0.717, 1.165) is 0 Å². The van der Waals surface area contributed by atoms with Gasteiger partial charge in [-0.1, -0.05) is 32.0 Å². The van der Waals surface area contributed by atoms with Gasteiger partial charge in [0.2, 0.25) is 0 Å². The lowest BCUT2D eigenvalue weighted by molar-refractivity contribution is -0.139. The summed E-state index contributed by atoms with van der Waals surface area (Å²) in [5.41, 5.74) is 1.65. The molecule has 1 N–H and O–H groups in total. The summed E-state index contributed by atoms with van der Waals surface area (Å²) in [4.78, 5) is 38.3. The van der Waals surface area contributed by atoms with Crippen molar-refractivity contribution in [3.63, 3.8) is 0 Å². The normalized spacial score (nSPS) is 15.1. The highest BCUT2D eigenvalue weighted by molar-refractivity contribution is 5.95. The number of nitrogens with one attached hydrogen (secondary N) is 1. The summed E-state index contributed by atoms with van der Waals surface area (Å²) < 4.78 is 10.9. The zero-order chi connectivity index (χ0) is 24.0. The molecule has 0 aliphatic carbocycles. The summed E-state index contributed by atoms with van der Waals surface area (Å²) in [5.74, 6) is 0.743. The van der Waals surface area contributed by atoms with Crippen LogP contribution < -0.4 is 14.8 Å². The van der Waals surface area contributed by atoms with Gasteiger partial charge in [0.15, 0.2) is 6.10 Å². The molecule has 7 nitrogen and oxygen atoms in total. The van der Waals surface area contributed by atoms with E-state index < -0.39 is 12.1 Å². The Kier molecular flexibility index (Phi) is 8.09. The van der Waals surface area contributed by atoms with Gasteiger partial charge in [-0.2, -0.15) is 0 Å². The smallest absolute Gasteiger partial charge is 0.308 e. The maximum absolute atomic E-state index is 12.8. The molecule has 7 heteroatoms. The summed E-state index contributed by atoms with van der Waals surface area (Å²) in [6.45, 7) is 8.45. The number of rotatable bonds is 7. The zero-order valence-electron chi connectivity index (χ0n) is 19.7. The minimum absolute atomic E-state index is 0.0290. The first-order chi connectivity index (χ1) is 15.7. The molecule has 1 heterocycles. The number of amides is 2. The molecule has 1 atom stereocenters. The number of likely N-dealkylation sites (tertiary alicyclic amines) is 1. The largest absolute Gasteiger partial charge is 0.481 e. The van der Waals surface area contributed by atoms with Crippen molar-refractivity contribution in [2.45, 2.75) is 58.6 Å². The number of hydrogen-bond acceptors (Lipinski definition) is 5. The van der Waals surface area contributed by atoms with Crippen LogP contribution in [0.25, 0.3) is 0 Å². The van der Waals surface area contributed by atoms with Gasteiger partial charge in [-0.05, 0) is 61.6 Å². The van der Waals surface area contributed by atoms with Gasteiger partial charge in [0.05, 0.1) is 0 Å². The molecule has 176 valence electrons. The topological polar surface area (TPSA) is 84.9 Å². The second-order valence-corrected chi connectivity index (χ2v) is 8.68. The van der Waals surface area contributed by atoms with Crippen molar-refractivity contribution in [2.24, 2.45) is 0 Å². The van der Waals surface area contributed by atoms with Crippen LogP contribution in [0.15, 0.2) is 48.5 Å². The van der Waals surface area contributed by atoms with Crippen LogP contribution in [0.4, 0.5) is 0 Å². The number of hydrogen-bond donors (Lipinski definition) is 1. The van der Waals surface area contributed by atoms with E-state index in [1.165, 1.54) is 12.5 Å². The molecule has 0 bridgehead atoms. The minimum Gasteiger partial charge on any atom is -0.481 e. The molecule has 0 aromatic heterocycles. The van der Waals surface area contributed by atoms with Gasteiger partial charge in [0.1, 0.15) is 11.5 Å². The number of ether oxygens (including phenoxy) is 2. The number of piperidine rings is 1. The van der Waals surface area contributed by atoms with Gasteiger partial charge in [0.25, 0.3) is 11.8 Å². The van der Waals surface area contributed by atoms with Gasteiger partial charge >= 0.3 is 5.97 Å². The molecule has 3 rings (SSSR count). The van der Waals surface area contributed by atoms with Gasteiger partial charge in [-0.25, -0.2) is 0 Å². The second kappa shape index (κ2) is 11.0. The third-order valence-corrected chi connectivity index (χ3v) is 5.71. The van der Waals surface area contributed by atoms with Crippen molar-refractivity contribution in [2.75, 3.05) is 13.1 Å². The molecular weight excluding hydrogens is 420 g/mol. The fourth-order valence-electron chi connectivity index (χ4n) is 3.82. The molecular formula is C26H32N2O5. The van der Waals surface area contributed by atoms with E-state index in [4.69, 9.17) is 9.47 Å². The van der Waals surface area contributed by atoms with Crippen LogP contribution in [0.5, 0.6) is 11.5 Å². The molecule has 2 aromatic rings. The van der Waals surface area contributed by atoms with E-state index >= 15 is 0 Å². The van der Waals surface area contributed by atoms with Gasteiger partial charge in [-0.3, -0.25) is 14.4 Å². The fraction of sp³-hybridized carbons (Fsp3) is 0.423. The van der Waals surface area contributed by atoms with Crippen molar-refractivity contribution in [3.8, 4) is 11.5 Å². The van der Waals surface area contributed by atoms with Crippen LogP contribution in [-0.4, -0.2) is 47.9 Å².